The largest absolute Gasteiger partial charge is 0.378 e. The van der Waals surface area contributed by atoms with E-state index in [-0.39, 0.29) is 5.78 Å². The van der Waals surface area contributed by atoms with Gasteiger partial charge in [-0.2, -0.15) is 4.40 Å². The number of allylic oxidation sites excluding steroid dienone is 1. The predicted octanol–water partition coefficient (Wildman–Crippen LogP) is 4.87. The van der Waals surface area contributed by atoms with Crippen molar-refractivity contribution < 1.29 is 9.36 Å². The highest BCUT2D eigenvalue weighted by Crippen LogP contribution is 2.28. The Balaban J connectivity index is 1.65. The predicted molar refractivity (Wildman–Crippen MR) is 130 cm³/mol. The summed E-state index contributed by atoms with van der Waals surface area (Å²) in [5.74, 6) is 0.824. The summed E-state index contributed by atoms with van der Waals surface area (Å²) >= 11 is 0. The van der Waals surface area contributed by atoms with Gasteiger partial charge in [0.25, 0.3) is 0 Å². The van der Waals surface area contributed by atoms with E-state index in [9.17, 15) is 4.79 Å². The normalized spacial score (nSPS) is 11.6. The number of aromatic amines is 1. The van der Waals surface area contributed by atoms with E-state index in [4.69, 9.17) is 0 Å². The van der Waals surface area contributed by atoms with E-state index in [1.54, 1.807) is 6.08 Å². The summed E-state index contributed by atoms with van der Waals surface area (Å²) in [5.41, 5.74) is 6.60. The Morgan fingerprint density at radius 1 is 0.938 bits per heavy atom. The molecule has 2 aromatic heterocycles. The summed E-state index contributed by atoms with van der Waals surface area (Å²) in [4.78, 5) is 19.1. The van der Waals surface area contributed by atoms with Gasteiger partial charge in [-0.3, -0.25) is 4.79 Å². The van der Waals surface area contributed by atoms with Crippen LogP contribution >= 0.6 is 0 Å². The molecule has 0 spiro atoms. The maximum atomic E-state index is 13.6. The molecule has 5 heteroatoms. The van der Waals surface area contributed by atoms with Crippen LogP contribution in [0, 0.1) is 0 Å². The smallest absolute Gasteiger partial charge is 0.368 e. The number of para-hydroxylation sites is 2. The number of aryl methyl sites for hydroxylation is 1. The van der Waals surface area contributed by atoms with Crippen molar-refractivity contribution in [2.75, 3.05) is 19.0 Å². The average molecular weight is 422 g/mol. The Morgan fingerprint density at radius 2 is 1.62 bits per heavy atom. The fraction of sp³-hybridized carbons (Fsp3) is 0.111. The maximum absolute atomic E-state index is 13.6. The molecule has 0 unspecified atom stereocenters. The van der Waals surface area contributed by atoms with Crippen LogP contribution in [0.2, 0.25) is 0 Å². The number of aromatic nitrogens is 3. The van der Waals surface area contributed by atoms with E-state index >= 15 is 0 Å². The number of anilines is 1. The first-order valence-corrected chi connectivity index (χ1v) is 10.6. The molecule has 0 aliphatic heterocycles. The van der Waals surface area contributed by atoms with Gasteiger partial charge in [0.2, 0.25) is 5.78 Å². The molecule has 0 fully saturated rings. The third kappa shape index (κ3) is 3.28. The Kier molecular flexibility index (Phi) is 4.86. The minimum atomic E-state index is -0.0480. The van der Waals surface area contributed by atoms with Gasteiger partial charge in [-0.1, -0.05) is 60.7 Å². The third-order valence-corrected chi connectivity index (χ3v) is 5.84. The second-order valence-corrected chi connectivity index (χ2v) is 8.10. The van der Waals surface area contributed by atoms with E-state index in [1.165, 1.54) is 0 Å². The molecular weight excluding hydrogens is 396 g/mol. The molecule has 3 aromatic carbocycles. The SMILES string of the molecule is CN(C)c1ccc(/C=C/C(=O)c2c(-c3ccccc3)[nH]c3n2c2ccccc2[n+]3C)cc1. The van der Waals surface area contributed by atoms with Gasteiger partial charge in [0.05, 0.1) is 7.05 Å². The summed E-state index contributed by atoms with van der Waals surface area (Å²) < 4.78 is 4.11. The number of H-pyrrole nitrogens is 1. The molecule has 5 nitrogen and oxygen atoms in total. The molecule has 0 atom stereocenters. The molecule has 2 heterocycles. The van der Waals surface area contributed by atoms with Gasteiger partial charge in [0.15, 0.2) is 5.69 Å². The molecule has 158 valence electrons. The summed E-state index contributed by atoms with van der Waals surface area (Å²) in [6, 6.07) is 26.3. The highest BCUT2D eigenvalue weighted by Gasteiger charge is 2.29. The topological polar surface area (TPSA) is 44.4 Å². The number of ketones is 1. The van der Waals surface area contributed by atoms with Gasteiger partial charge in [0.1, 0.15) is 16.7 Å². The van der Waals surface area contributed by atoms with Crippen LogP contribution in [-0.4, -0.2) is 29.3 Å². The minimum Gasteiger partial charge on any atom is -0.378 e. The first kappa shape index (κ1) is 19.8. The molecule has 0 saturated heterocycles. The highest BCUT2D eigenvalue weighted by atomic mass is 16.1. The lowest BCUT2D eigenvalue weighted by Crippen LogP contribution is -2.27. The number of hydrogen-bond acceptors (Lipinski definition) is 2. The molecule has 0 saturated carbocycles. The van der Waals surface area contributed by atoms with Gasteiger partial charge in [0, 0.05) is 25.3 Å². The lowest BCUT2D eigenvalue weighted by Gasteiger charge is -2.11. The first-order valence-electron chi connectivity index (χ1n) is 10.6. The van der Waals surface area contributed by atoms with Gasteiger partial charge in [-0.05, 0) is 35.9 Å². The number of nitrogens with zero attached hydrogens (tertiary/aromatic N) is 3. The molecule has 0 bridgehead atoms. The summed E-state index contributed by atoms with van der Waals surface area (Å²) in [5, 5.41) is 0. The molecule has 0 amide bonds. The number of hydrogen-bond donors (Lipinski definition) is 1. The monoisotopic (exact) mass is 421 g/mol. The van der Waals surface area contributed by atoms with Crippen LogP contribution in [0.15, 0.2) is 84.9 Å². The number of carbonyl (C=O) groups is 1. The van der Waals surface area contributed by atoms with Gasteiger partial charge < -0.3 is 4.90 Å². The minimum absolute atomic E-state index is 0.0480. The first-order chi connectivity index (χ1) is 15.5. The van der Waals surface area contributed by atoms with Gasteiger partial charge >= 0.3 is 5.78 Å². The number of imidazole rings is 2. The zero-order valence-electron chi connectivity index (χ0n) is 18.4. The van der Waals surface area contributed by atoms with Crippen molar-refractivity contribution >= 4 is 34.4 Å². The molecule has 5 aromatic rings. The van der Waals surface area contributed by atoms with Crippen molar-refractivity contribution in [1.82, 2.24) is 9.38 Å². The van der Waals surface area contributed by atoms with Gasteiger partial charge in [-0.15, -0.1) is 0 Å². The molecule has 0 aliphatic rings. The van der Waals surface area contributed by atoms with E-state index in [2.05, 4.69) is 20.5 Å². The van der Waals surface area contributed by atoms with E-state index < -0.39 is 0 Å². The number of carbonyl (C=O) groups excluding carboxylic acids is 1. The second kappa shape index (κ2) is 7.85. The van der Waals surface area contributed by atoms with Crippen molar-refractivity contribution in [3.63, 3.8) is 0 Å². The number of fused-ring (bicyclic) bond motifs is 3. The fourth-order valence-corrected chi connectivity index (χ4v) is 4.15. The lowest BCUT2D eigenvalue weighted by atomic mass is 10.1. The summed E-state index contributed by atoms with van der Waals surface area (Å²) in [6.07, 6.45) is 3.54. The van der Waals surface area contributed by atoms with Gasteiger partial charge in [-0.25, -0.2) is 9.55 Å². The zero-order chi connectivity index (χ0) is 22.2. The molecule has 32 heavy (non-hydrogen) atoms. The quantitative estimate of drug-likeness (QED) is 0.250. The molecule has 5 rings (SSSR count). The van der Waals surface area contributed by atoms with E-state index in [1.807, 2.05) is 104 Å². The Bertz CT molecular complexity index is 1450. The number of rotatable bonds is 5. The molecule has 0 aliphatic carbocycles. The molecular formula is C27H25N4O+. The van der Waals surface area contributed by atoms with Crippen molar-refractivity contribution in [3.8, 4) is 11.3 Å². The molecule has 1 N–H and O–H groups in total. The number of benzene rings is 3. The van der Waals surface area contributed by atoms with Crippen molar-refractivity contribution in [1.29, 1.82) is 0 Å². The lowest BCUT2D eigenvalue weighted by molar-refractivity contribution is -0.620. The Hall–Kier alpha value is -4.12. The van der Waals surface area contributed by atoms with Crippen molar-refractivity contribution in [3.05, 3.63) is 96.2 Å². The summed E-state index contributed by atoms with van der Waals surface area (Å²) in [7, 11) is 6.04. The third-order valence-electron chi connectivity index (χ3n) is 5.84. The van der Waals surface area contributed by atoms with Crippen LogP contribution in [0.3, 0.4) is 0 Å². The van der Waals surface area contributed by atoms with Crippen LogP contribution in [-0.2, 0) is 7.05 Å². The maximum Gasteiger partial charge on any atom is 0.368 e. The average Bonchev–Trinajstić information content (AvgIpc) is 3.35. The Labute approximate surface area is 186 Å². The van der Waals surface area contributed by atoms with Crippen LogP contribution in [0.25, 0.3) is 34.1 Å². The Morgan fingerprint density at radius 3 is 2.34 bits per heavy atom. The number of nitrogens with one attached hydrogen (secondary N) is 1. The van der Waals surface area contributed by atoms with E-state index in [0.717, 1.165) is 39.3 Å². The van der Waals surface area contributed by atoms with E-state index in [0.29, 0.717) is 5.69 Å². The summed E-state index contributed by atoms with van der Waals surface area (Å²) in [6.45, 7) is 0. The molecule has 0 radical (unpaired) electrons. The zero-order valence-corrected chi connectivity index (χ0v) is 18.4. The van der Waals surface area contributed by atoms with Crippen molar-refractivity contribution in [2.24, 2.45) is 7.05 Å². The highest BCUT2D eigenvalue weighted by molar-refractivity contribution is 6.10. The van der Waals surface area contributed by atoms with Crippen LogP contribution in [0.5, 0.6) is 0 Å². The standard InChI is InChI=1S/C27H24N4O/c1-29(2)21-16-13-19(14-17-21)15-18-24(32)26-25(20-9-5-4-6-10-20)28-27-30(3)22-11-7-8-12-23(22)31(26)27/h4-18H,1-3H3/p+1/b18-15+. The van der Waals surface area contributed by atoms with Crippen LogP contribution in [0.4, 0.5) is 5.69 Å². The van der Waals surface area contributed by atoms with Crippen LogP contribution < -0.4 is 9.47 Å². The fourth-order valence-electron chi connectivity index (χ4n) is 4.15. The van der Waals surface area contributed by atoms with Crippen LogP contribution in [0.1, 0.15) is 16.1 Å². The second-order valence-electron chi connectivity index (χ2n) is 8.10. The van der Waals surface area contributed by atoms with Crippen molar-refractivity contribution in [2.45, 2.75) is 0 Å².